The van der Waals surface area contributed by atoms with Crippen molar-refractivity contribution in [1.29, 1.82) is 0 Å². The minimum Gasteiger partial charge on any atom is -0.508 e. The number of phenolic OH excluding ortho intramolecular Hbond substituents is 1. The summed E-state index contributed by atoms with van der Waals surface area (Å²) in [4.78, 5) is 28.6. The van der Waals surface area contributed by atoms with Crippen molar-refractivity contribution in [3.63, 3.8) is 0 Å². The number of aromatic hydroxyl groups is 1. The van der Waals surface area contributed by atoms with E-state index >= 15 is 0 Å². The number of likely N-dealkylation sites (tertiary alicyclic amines) is 1. The summed E-state index contributed by atoms with van der Waals surface area (Å²) in [6.45, 7) is 3.87. The van der Waals surface area contributed by atoms with Gasteiger partial charge < -0.3 is 15.3 Å². The van der Waals surface area contributed by atoms with Crippen LogP contribution in [0.3, 0.4) is 0 Å². The standard InChI is InChI=1S/C31H42ClNO5/c1-3-8-19(15-21-12-13-23(35)17-26(21)32)11-14-27(36)28-20(4-2)16-24-29(25(28)18-34)31(38)33(30(24)37)22-9-6-5-7-10-22/h12-13,15,17,22,24-25,27,29,34-36H,3-11,14,16,18H2,1-2H3/b19-15+/t24-,25+,27-,29-/m1/s1. The third-order valence-corrected chi connectivity index (χ3v) is 9.12. The van der Waals surface area contributed by atoms with Gasteiger partial charge in [-0.25, -0.2) is 0 Å². The topological polar surface area (TPSA) is 98.1 Å². The Morgan fingerprint density at radius 3 is 2.50 bits per heavy atom. The molecule has 1 saturated heterocycles. The molecule has 0 aromatic heterocycles. The van der Waals surface area contributed by atoms with Crippen molar-refractivity contribution in [2.75, 3.05) is 6.61 Å². The summed E-state index contributed by atoms with van der Waals surface area (Å²) >= 11 is 6.33. The first kappa shape index (κ1) is 28.8. The molecule has 3 N–H and O–H groups in total. The Hall–Kier alpha value is -2.15. The molecule has 0 radical (unpaired) electrons. The fourth-order valence-electron chi connectivity index (χ4n) is 6.94. The van der Waals surface area contributed by atoms with E-state index in [0.717, 1.165) is 67.2 Å². The number of benzene rings is 1. The number of hydrogen-bond donors (Lipinski definition) is 3. The van der Waals surface area contributed by atoms with Crippen LogP contribution in [0.1, 0.15) is 90.0 Å². The van der Waals surface area contributed by atoms with Crippen LogP contribution in [0.25, 0.3) is 6.08 Å². The number of halogens is 1. The van der Waals surface area contributed by atoms with Gasteiger partial charge in [-0.15, -0.1) is 0 Å². The van der Waals surface area contributed by atoms with Crippen LogP contribution in [0.15, 0.2) is 34.9 Å². The average Bonchev–Trinajstić information content (AvgIpc) is 3.17. The van der Waals surface area contributed by atoms with E-state index in [1.807, 2.05) is 13.0 Å². The zero-order chi connectivity index (χ0) is 27.4. The van der Waals surface area contributed by atoms with Crippen LogP contribution in [-0.2, 0) is 9.59 Å². The summed E-state index contributed by atoms with van der Waals surface area (Å²) < 4.78 is 0. The molecule has 1 aromatic carbocycles. The molecule has 0 spiro atoms. The lowest BCUT2D eigenvalue weighted by atomic mass is 9.67. The molecule has 38 heavy (non-hydrogen) atoms. The number of nitrogens with zero attached hydrogens (tertiary/aromatic N) is 1. The van der Waals surface area contributed by atoms with Gasteiger partial charge in [0.2, 0.25) is 11.8 Å². The summed E-state index contributed by atoms with van der Waals surface area (Å²) in [5.41, 5.74) is 3.73. The lowest BCUT2D eigenvalue weighted by Crippen LogP contribution is -2.42. The highest BCUT2D eigenvalue weighted by Gasteiger charge is 2.56. The van der Waals surface area contributed by atoms with Gasteiger partial charge in [0.25, 0.3) is 0 Å². The Morgan fingerprint density at radius 1 is 1.13 bits per heavy atom. The Morgan fingerprint density at radius 2 is 1.87 bits per heavy atom. The second-order valence-electron chi connectivity index (χ2n) is 11.2. The van der Waals surface area contributed by atoms with Gasteiger partial charge in [-0.1, -0.05) is 68.4 Å². The van der Waals surface area contributed by atoms with E-state index in [-0.39, 0.29) is 30.2 Å². The Labute approximate surface area is 231 Å². The monoisotopic (exact) mass is 543 g/mol. The molecule has 2 amide bonds. The molecule has 1 saturated carbocycles. The van der Waals surface area contributed by atoms with E-state index in [2.05, 4.69) is 6.92 Å². The van der Waals surface area contributed by atoms with Crippen molar-refractivity contribution in [2.24, 2.45) is 17.8 Å². The number of carbonyl (C=O) groups excluding carboxylic acids is 2. The smallest absolute Gasteiger partial charge is 0.234 e. The summed E-state index contributed by atoms with van der Waals surface area (Å²) in [6.07, 6.45) is 10.2. The number of allylic oxidation sites excluding steroid dienone is 2. The molecule has 4 rings (SSSR count). The van der Waals surface area contributed by atoms with Gasteiger partial charge in [-0.3, -0.25) is 14.5 Å². The Bertz CT molecular complexity index is 1090. The number of carbonyl (C=O) groups is 2. The van der Waals surface area contributed by atoms with E-state index in [1.54, 1.807) is 12.1 Å². The van der Waals surface area contributed by atoms with Crippen molar-refractivity contribution < 1.29 is 24.9 Å². The van der Waals surface area contributed by atoms with Gasteiger partial charge in [0.1, 0.15) is 5.75 Å². The van der Waals surface area contributed by atoms with Crippen molar-refractivity contribution in [3.05, 3.63) is 45.5 Å². The predicted molar refractivity (Wildman–Crippen MR) is 149 cm³/mol. The van der Waals surface area contributed by atoms with Crippen LogP contribution in [0.5, 0.6) is 5.75 Å². The largest absolute Gasteiger partial charge is 0.508 e. The van der Waals surface area contributed by atoms with E-state index in [0.29, 0.717) is 30.7 Å². The summed E-state index contributed by atoms with van der Waals surface area (Å²) in [7, 11) is 0. The van der Waals surface area contributed by atoms with Gasteiger partial charge in [0.15, 0.2) is 0 Å². The van der Waals surface area contributed by atoms with Crippen molar-refractivity contribution in [1.82, 2.24) is 4.90 Å². The minimum absolute atomic E-state index is 0.0272. The first-order chi connectivity index (χ1) is 18.3. The molecule has 6 nitrogen and oxygen atoms in total. The van der Waals surface area contributed by atoms with Crippen LogP contribution < -0.4 is 0 Å². The van der Waals surface area contributed by atoms with E-state index in [4.69, 9.17) is 11.6 Å². The molecular weight excluding hydrogens is 502 g/mol. The lowest BCUT2D eigenvalue weighted by Gasteiger charge is -2.36. The molecule has 4 atom stereocenters. The first-order valence-electron chi connectivity index (χ1n) is 14.4. The Kier molecular flexibility index (Phi) is 9.72. The van der Waals surface area contributed by atoms with Gasteiger partial charge in [-0.05, 0) is 74.3 Å². The number of aliphatic hydroxyl groups excluding tert-OH is 2. The molecular formula is C31H42ClNO5. The molecule has 0 unspecified atom stereocenters. The molecule has 3 aliphatic rings. The van der Waals surface area contributed by atoms with Gasteiger partial charge in [0.05, 0.1) is 29.6 Å². The number of hydrogen-bond acceptors (Lipinski definition) is 5. The molecule has 2 fully saturated rings. The molecule has 7 heteroatoms. The van der Waals surface area contributed by atoms with Gasteiger partial charge in [0, 0.05) is 12.0 Å². The molecule has 0 bridgehead atoms. The molecule has 208 valence electrons. The maximum Gasteiger partial charge on any atom is 0.234 e. The van der Waals surface area contributed by atoms with E-state index < -0.39 is 23.9 Å². The zero-order valence-corrected chi connectivity index (χ0v) is 23.4. The maximum atomic E-state index is 13.6. The van der Waals surface area contributed by atoms with Crippen molar-refractivity contribution in [2.45, 2.75) is 96.6 Å². The van der Waals surface area contributed by atoms with Crippen LogP contribution in [-0.4, -0.2) is 50.8 Å². The summed E-state index contributed by atoms with van der Waals surface area (Å²) in [5.74, 6) is -1.67. The third-order valence-electron chi connectivity index (χ3n) is 8.79. The predicted octanol–water partition coefficient (Wildman–Crippen LogP) is 6.02. The normalized spacial score (nSPS) is 25.8. The quantitative estimate of drug-likeness (QED) is 0.247. The van der Waals surface area contributed by atoms with E-state index in [9.17, 15) is 24.9 Å². The first-order valence-corrected chi connectivity index (χ1v) is 14.7. The molecule has 1 aromatic rings. The average molecular weight is 544 g/mol. The zero-order valence-electron chi connectivity index (χ0n) is 22.7. The SMILES string of the molecule is CCC/C(=C\c1ccc(O)cc1Cl)CC[C@@H](O)C1=C(CC)C[C@H]2C(=O)N(C3CCCCC3)C(=O)[C@H]2[C@H]1CO. The molecule has 1 heterocycles. The summed E-state index contributed by atoms with van der Waals surface area (Å²) in [5, 5.41) is 32.1. The van der Waals surface area contributed by atoms with Gasteiger partial charge >= 0.3 is 0 Å². The van der Waals surface area contributed by atoms with Crippen molar-refractivity contribution >= 4 is 29.5 Å². The van der Waals surface area contributed by atoms with Crippen LogP contribution in [0.2, 0.25) is 5.02 Å². The lowest BCUT2D eigenvalue weighted by molar-refractivity contribution is -0.143. The van der Waals surface area contributed by atoms with Crippen LogP contribution in [0, 0.1) is 17.8 Å². The molecule has 2 aliphatic carbocycles. The number of imide groups is 1. The fourth-order valence-corrected chi connectivity index (χ4v) is 7.17. The van der Waals surface area contributed by atoms with Gasteiger partial charge in [-0.2, -0.15) is 0 Å². The maximum absolute atomic E-state index is 13.6. The fraction of sp³-hybridized carbons (Fsp3) is 0.613. The number of fused-ring (bicyclic) bond motifs is 1. The van der Waals surface area contributed by atoms with E-state index in [1.165, 1.54) is 11.0 Å². The third kappa shape index (κ3) is 5.88. The second kappa shape index (κ2) is 12.8. The number of aliphatic hydroxyl groups is 2. The van der Waals surface area contributed by atoms with Crippen LogP contribution >= 0.6 is 11.6 Å². The van der Waals surface area contributed by atoms with Crippen LogP contribution in [0.4, 0.5) is 0 Å². The summed E-state index contributed by atoms with van der Waals surface area (Å²) in [6, 6.07) is 4.88. The Balaban J connectivity index is 1.55. The highest BCUT2D eigenvalue weighted by molar-refractivity contribution is 6.32. The minimum atomic E-state index is -0.801. The number of amides is 2. The number of phenols is 1. The second-order valence-corrected chi connectivity index (χ2v) is 11.6. The molecule has 1 aliphatic heterocycles. The highest BCUT2D eigenvalue weighted by Crippen LogP contribution is 2.48. The number of rotatable bonds is 10. The van der Waals surface area contributed by atoms with Crippen molar-refractivity contribution in [3.8, 4) is 5.75 Å². The highest BCUT2D eigenvalue weighted by atomic mass is 35.5.